The largest absolute Gasteiger partial charge is 1.00 e. The molecule has 0 spiro atoms. The minimum atomic E-state index is -1.03. The number of carbonyl (C=O) groups excluding carboxylic acids is 2. The molecular weight excluding hydrogens is 325 g/mol. The van der Waals surface area contributed by atoms with E-state index in [9.17, 15) is 14.4 Å². The summed E-state index contributed by atoms with van der Waals surface area (Å²) in [5.41, 5.74) is 0.698. The number of anilines is 1. The summed E-state index contributed by atoms with van der Waals surface area (Å²) in [5, 5.41) is 11.4. The zero-order valence-electron chi connectivity index (χ0n) is 15.0. The van der Waals surface area contributed by atoms with E-state index in [2.05, 4.69) is 5.32 Å². The van der Waals surface area contributed by atoms with Gasteiger partial charge >= 0.3 is 47.5 Å². The summed E-state index contributed by atoms with van der Waals surface area (Å²) in [6, 6.07) is 6.69. The number of rotatable bonds is 8. The van der Waals surface area contributed by atoms with Crippen LogP contribution in [0.25, 0.3) is 6.08 Å². The van der Waals surface area contributed by atoms with Crippen LogP contribution in [-0.2, 0) is 23.9 Å². The quantitative estimate of drug-likeness (QED) is 0.201. The second kappa shape index (κ2) is 11.7. The average Bonchev–Trinajstić information content (AvgIpc) is 2.51. The van der Waals surface area contributed by atoms with Crippen molar-refractivity contribution in [2.75, 3.05) is 25.1 Å². The Morgan fingerprint density at radius 1 is 1.12 bits per heavy atom. The zero-order chi connectivity index (χ0) is 17.2. The Morgan fingerprint density at radius 3 is 2.17 bits per heavy atom. The Morgan fingerprint density at radius 2 is 1.67 bits per heavy atom. The van der Waals surface area contributed by atoms with E-state index in [0.29, 0.717) is 11.3 Å². The Bertz CT molecular complexity index is 600. The van der Waals surface area contributed by atoms with Gasteiger partial charge in [0.25, 0.3) is 0 Å². The Hall–Kier alpha value is -1.83. The smallest absolute Gasteiger partial charge is 1.00 e. The van der Waals surface area contributed by atoms with Crippen molar-refractivity contribution in [1.29, 1.82) is 0 Å². The number of ether oxygens (including phenoxy) is 2. The van der Waals surface area contributed by atoms with Crippen LogP contribution in [0, 0.1) is 0 Å². The summed E-state index contributed by atoms with van der Waals surface area (Å²) in [6.07, 6.45) is 1.32. The summed E-state index contributed by atoms with van der Waals surface area (Å²) in [5.74, 6) is -2.61. The van der Waals surface area contributed by atoms with Gasteiger partial charge < -0.3 is 21.3 Å². The third-order valence-electron chi connectivity index (χ3n) is 2.68. The molecule has 0 aromatic heterocycles. The molecule has 2 N–H and O–H groups in total. The molecule has 8 heteroatoms. The van der Waals surface area contributed by atoms with Gasteiger partial charge in [-0.3, -0.25) is 4.79 Å². The molecule has 0 aliphatic heterocycles. The Kier molecular flexibility index (Phi) is 10.8. The number of para-hydroxylation sites is 1. The molecule has 0 atom stereocenters. The van der Waals surface area contributed by atoms with Crippen molar-refractivity contribution in [1.82, 2.24) is 0 Å². The first-order valence-electron chi connectivity index (χ1n) is 7.10. The minimum Gasteiger partial charge on any atom is -1.00 e. The number of nitrogens with one attached hydrogen (secondary N) is 1. The van der Waals surface area contributed by atoms with Crippen LogP contribution in [0.15, 0.2) is 29.8 Å². The Labute approximate surface area is 163 Å². The fourth-order valence-corrected chi connectivity index (χ4v) is 1.73. The number of hydrogen-bond donors (Lipinski definition) is 2. The predicted molar refractivity (Wildman–Crippen MR) is 84.9 cm³/mol. The van der Waals surface area contributed by atoms with Gasteiger partial charge in [0.2, 0.25) is 0 Å². The number of carbonyl (C=O) groups is 3. The minimum absolute atomic E-state index is 0. The first-order valence-corrected chi connectivity index (χ1v) is 7.10. The van der Waals surface area contributed by atoms with Gasteiger partial charge in [0.05, 0.1) is 13.2 Å². The summed E-state index contributed by atoms with van der Waals surface area (Å²) in [4.78, 5) is 34.5. The first-order chi connectivity index (χ1) is 11.0. The fraction of sp³-hybridized carbons (Fsp3) is 0.312. The summed E-state index contributed by atoms with van der Waals surface area (Å²) in [6.45, 7) is 3.20. The number of benzene rings is 1. The van der Waals surface area contributed by atoms with Gasteiger partial charge in [-0.2, -0.15) is 0 Å². The molecule has 126 valence electrons. The van der Waals surface area contributed by atoms with Crippen molar-refractivity contribution in [3.05, 3.63) is 35.4 Å². The van der Waals surface area contributed by atoms with Crippen molar-refractivity contribution in [3.63, 3.8) is 0 Å². The normalized spacial score (nSPS) is 9.25. The van der Waals surface area contributed by atoms with E-state index < -0.39 is 17.9 Å². The number of hydrogen-bond acceptors (Lipinski definition) is 6. The maximum atomic E-state index is 11.9. The van der Waals surface area contributed by atoms with Crippen LogP contribution in [0.5, 0.6) is 0 Å². The third-order valence-corrected chi connectivity index (χ3v) is 2.68. The van der Waals surface area contributed by atoms with E-state index in [0.717, 1.165) is 0 Å². The maximum Gasteiger partial charge on any atom is 1.00 e. The standard InChI is InChI=1S/C16H19NO6.Na.H/c1-3-22-15(20)12(16(21)23-4-2)9-11-7-5-6-8-13(11)17-10-14(18)19;;/h5-9,17H,3-4,10H2,1-2H3,(H,18,19);;/q;+1;-1. The molecule has 0 amide bonds. The molecule has 7 nitrogen and oxygen atoms in total. The maximum absolute atomic E-state index is 11.9. The van der Waals surface area contributed by atoms with Crippen molar-refractivity contribution >= 4 is 29.7 Å². The second-order valence-corrected chi connectivity index (χ2v) is 4.33. The SMILES string of the molecule is CCOC(=O)C(=Cc1ccccc1NCC(=O)O)C(=O)OCC.[H-].[Na+]. The zero-order valence-corrected chi connectivity index (χ0v) is 16.0. The van der Waals surface area contributed by atoms with Crippen molar-refractivity contribution in [2.24, 2.45) is 0 Å². The molecule has 0 aliphatic rings. The predicted octanol–water partition coefficient (Wildman–Crippen LogP) is -1.19. The fourth-order valence-electron chi connectivity index (χ4n) is 1.73. The van der Waals surface area contributed by atoms with Gasteiger partial charge in [0.1, 0.15) is 12.1 Å². The van der Waals surface area contributed by atoms with Crippen LogP contribution in [0.2, 0.25) is 0 Å². The summed E-state index contributed by atoms with van der Waals surface area (Å²) in [7, 11) is 0. The molecule has 0 saturated heterocycles. The molecule has 24 heavy (non-hydrogen) atoms. The van der Waals surface area contributed by atoms with E-state index in [1.807, 2.05) is 0 Å². The topological polar surface area (TPSA) is 102 Å². The van der Waals surface area contributed by atoms with Crippen LogP contribution < -0.4 is 34.9 Å². The van der Waals surface area contributed by atoms with Crippen LogP contribution in [0.3, 0.4) is 0 Å². The molecule has 0 saturated carbocycles. The number of carboxylic acids is 1. The molecule has 1 rings (SSSR count). The van der Waals surface area contributed by atoms with Gasteiger partial charge in [-0.05, 0) is 31.6 Å². The van der Waals surface area contributed by atoms with E-state index in [4.69, 9.17) is 14.6 Å². The monoisotopic (exact) mass is 345 g/mol. The van der Waals surface area contributed by atoms with Crippen molar-refractivity contribution in [2.45, 2.75) is 13.8 Å². The number of aliphatic carboxylic acids is 1. The van der Waals surface area contributed by atoms with Crippen LogP contribution in [0.4, 0.5) is 5.69 Å². The van der Waals surface area contributed by atoms with Gasteiger partial charge in [-0.25, -0.2) is 9.59 Å². The van der Waals surface area contributed by atoms with E-state index in [1.165, 1.54) is 6.08 Å². The molecule has 0 heterocycles. The average molecular weight is 345 g/mol. The van der Waals surface area contributed by atoms with Gasteiger partial charge in [0, 0.05) is 5.69 Å². The van der Waals surface area contributed by atoms with Gasteiger partial charge in [-0.15, -0.1) is 0 Å². The van der Waals surface area contributed by atoms with Crippen LogP contribution in [0.1, 0.15) is 20.8 Å². The number of carboxylic acid groups (broad SMARTS) is 1. The first kappa shape index (κ1) is 22.2. The van der Waals surface area contributed by atoms with Crippen LogP contribution >= 0.6 is 0 Å². The molecule has 0 bridgehead atoms. The van der Waals surface area contributed by atoms with Crippen molar-refractivity contribution < 1.29 is 59.9 Å². The number of esters is 2. The Balaban J connectivity index is 0. The summed E-state index contributed by atoms with van der Waals surface area (Å²) >= 11 is 0. The summed E-state index contributed by atoms with van der Waals surface area (Å²) < 4.78 is 9.72. The third kappa shape index (κ3) is 7.16. The molecule has 0 radical (unpaired) electrons. The molecule has 1 aromatic carbocycles. The molecule has 1 aromatic rings. The van der Waals surface area contributed by atoms with E-state index >= 15 is 0 Å². The van der Waals surface area contributed by atoms with Crippen molar-refractivity contribution in [3.8, 4) is 0 Å². The van der Waals surface area contributed by atoms with Gasteiger partial charge in [-0.1, -0.05) is 18.2 Å². The molecule has 0 aliphatic carbocycles. The van der Waals surface area contributed by atoms with Crippen LogP contribution in [-0.4, -0.2) is 42.8 Å². The molecule has 0 unspecified atom stereocenters. The molecule has 0 fully saturated rings. The van der Waals surface area contributed by atoms with E-state index in [-0.39, 0.29) is 56.3 Å². The molecular formula is C16H20NNaO6. The van der Waals surface area contributed by atoms with Gasteiger partial charge in [0.15, 0.2) is 0 Å². The second-order valence-electron chi connectivity index (χ2n) is 4.33. The van der Waals surface area contributed by atoms with E-state index in [1.54, 1.807) is 38.1 Å².